The van der Waals surface area contributed by atoms with E-state index >= 15 is 0 Å². The number of carbonyl (C=O) groups excluding carboxylic acids is 2. The number of hydrogen-bond donors (Lipinski definition) is 0. The fourth-order valence-electron chi connectivity index (χ4n) is 1.70. The number of aliphatic carboxylic acids is 1. The van der Waals surface area contributed by atoms with Crippen LogP contribution >= 0.6 is 0 Å². The van der Waals surface area contributed by atoms with E-state index in [4.69, 9.17) is 0 Å². The van der Waals surface area contributed by atoms with E-state index in [1.807, 2.05) is 0 Å². The van der Waals surface area contributed by atoms with Crippen LogP contribution in [0.5, 0.6) is 0 Å². The molecule has 106 valence electrons. The Hall–Kier alpha value is -0.130. The Morgan fingerprint density at radius 2 is 1.79 bits per heavy atom. The first-order valence-electron chi connectivity index (χ1n) is 6.55. The molecule has 0 saturated carbocycles. The maximum Gasteiger partial charge on any atom is 1.00 e. The van der Waals surface area contributed by atoms with Crippen molar-refractivity contribution in [3.05, 3.63) is 0 Å². The van der Waals surface area contributed by atoms with Crippen LogP contribution in [0.15, 0.2) is 0 Å². The van der Waals surface area contributed by atoms with E-state index in [2.05, 4.69) is 6.92 Å². The average Bonchev–Trinajstić information content (AvgIpc) is 2.27. The average molecular weight is 283 g/mol. The number of likely N-dealkylation sites (N-methyl/N-ethyl adjacent to an activating group) is 1. The minimum absolute atomic E-state index is 0. The van der Waals surface area contributed by atoms with Crippen LogP contribution in [0.3, 0.4) is 0 Å². The van der Waals surface area contributed by atoms with Gasteiger partial charge in [0.05, 0.1) is 18.9 Å². The minimum Gasteiger partial charge on any atom is -0.548 e. The molecule has 19 heavy (non-hydrogen) atoms. The Morgan fingerprint density at radius 1 is 1.21 bits per heavy atom. The molecule has 0 aliphatic heterocycles. The van der Waals surface area contributed by atoms with Gasteiger partial charge in [-0.25, -0.2) is 4.39 Å². The molecule has 0 radical (unpaired) electrons. The van der Waals surface area contributed by atoms with Crippen molar-refractivity contribution in [1.29, 1.82) is 0 Å². The number of unbranched alkanes of at least 4 members (excludes halogenated alkanes) is 4. The number of nitrogens with zero attached hydrogens (tertiary/aromatic N) is 1. The molecule has 0 aromatic heterocycles. The van der Waals surface area contributed by atoms with Crippen LogP contribution < -0.4 is 34.7 Å². The van der Waals surface area contributed by atoms with Crippen molar-refractivity contribution in [3.8, 4) is 0 Å². The third kappa shape index (κ3) is 12.6. The topological polar surface area (TPSA) is 60.4 Å². The molecule has 1 unspecified atom stereocenters. The van der Waals surface area contributed by atoms with Gasteiger partial charge in [-0.2, -0.15) is 0 Å². The number of alkyl halides is 1. The molecule has 1 amide bonds. The molecule has 1 atom stereocenters. The molecular weight excluding hydrogens is 260 g/mol. The van der Waals surface area contributed by atoms with E-state index in [-0.39, 0.29) is 36.0 Å². The molecule has 0 spiro atoms. The van der Waals surface area contributed by atoms with Gasteiger partial charge in [0, 0.05) is 7.05 Å². The van der Waals surface area contributed by atoms with Gasteiger partial charge in [0.1, 0.15) is 6.17 Å². The van der Waals surface area contributed by atoms with Crippen molar-refractivity contribution < 1.29 is 48.6 Å². The normalized spacial score (nSPS) is 11.5. The van der Waals surface area contributed by atoms with Crippen molar-refractivity contribution in [1.82, 2.24) is 4.90 Å². The van der Waals surface area contributed by atoms with Crippen molar-refractivity contribution in [2.75, 3.05) is 13.6 Å². The zero-order valence-corrected chi connectivity index (χ0v) is 14.3. The molecule has 0 bridgehead atoms. The molecule has 0 N–H and O–H groups in total. The number of halogens is 1. The summed E-state index contributed by atoms with van der Waals surface area (Å²) >= 11 is 0. The van der Waals surface area contributed by atoms with Gasteiger partial charge in [0.2, 0.25) is 5.91 Å². The van der Waals surface area contributed by atoms with Gasteiger partial charge in [0.15, 0.2) is 0 Å². The monoisotopic (exact) mass is 283 g/mol. The predicted octanol–water partition coefficient (Wildman–Crippen LogP) is -1.71. The van der Waals surface area contributed by atoms with Gasteiger partial charge in [-0.1, -0.05) is 39.0 Å². The maximum absolute atomic E-state index is 13.4. The molecular formula is C13H23FNNaO3. The van der Waals surface area contributed by atoms with Crippen LogP contribution in [0, 0.1) is 0 Å². The van der Waals surface area contributed by atoms with Crippen LogP contribution in [0.1, 0.15) is 51.9 Å². The molecule has 0 aromatic rings. The van der Waals surface area contributed by atoms with E-state index in [1.165, 1.54) is 7.05 Å². The van der Waals surface area contributed by atoms with Gasteiger partial charge in [0.25, 0.3) is 0 Å². The Balaban J connectivity index is 0. The molecule has 0 aliphatic carbocycles. The smallest absolute Gasteiger partial charge is 0.548 e. The predicted molar refractivity (Wildman–Crippen MR) is 65.5 cm³/mol. The number of carboxylic acids is 1. The third-order valence-corrected chi connectivity index (χ3v) is 2.81. The second-order valence-corrected chi connectivity index (χ2v) is 4.63. The van der Waals surface area contributed by atoms with Crippen LogP contribution in [0.4, 0.5) is 4.39 Å². The summed E-state index contributed by atoms with van der Waals surface area (Å²) in [6, 6.07) is 0. The van der Waals surface area contributed by atoms with Gasteiger partial charge in [-0.3, -0.25) is 4.79 Å². The first-order valence-corrected chi connectivity index (χ1v) is 6.55. The van der Waals surface area contributed by atoms with Gasteiger partial charge in [-0.15, -0.1) is 0 Å². The van der Waals surface area contributed by atoms with Crippen LogP contribution in [0.25, 0.3) is 0 Å². The Morgan fingerprint density at radius 3 is 2.32 bits per heavy atom. The number of carboxylic acid groups (broad SMARTS) is 1. The Kier molecular flexibility index (Phi) is 14.4. The summed E-state index contributed by atoms with van der Waals surface area (Å²) in [4.78, 5) is 22.7. The van der Waals surface area contributed by atoms with Crippen molar-refractivity contribution in [2.45, 2.75) is 58.0 Å². The molecule has 6 heteroatoms. The van der Waals surface area contributed by atoms with E-state index in [0.29, 0.717) is 6.42 Å². The Bertz CT molecular complexity index is 264. The van der Waals surface area contributed by atoms with Crippen molar-refractivity contribution in [3.63, 3.8) is 0 Å². The van der Waals surface area contributed by atoms with Crippen LogP contribution in [-0.2, 0) is 9.59 Å². The maximum atomic E-state index is 13.4. The van der Waals surface area contributed by atoms with Crippen LogP contribution in [0.2, 0.25) is 0 Å². The van der Waals surface area contributed by atoms with Gasteiger partial charge in [-0.05, 0) is 6.42 Å². The molecule has 0 rings (SSSR count). The molecule has 0 fully saturated rings. The van der Waals surface area contributed by atoms with Crippen LogP contribution in [-0.4, -0.2) is 36.5 Å². The van der Waals surface area contributed by atoms with E-state index in [0.717, 1.165) is 37.0 Å². The van der Waals surface area contributed by atoms with E-state index in [9.17, 15) is 19.1 Å². The first-order chi connectivity index (χ1) is 8.47. The fraction of sp³-hybridized carbons (Fsp3) is 0.846. The SMILES string of the molecule is CCCCCCCC(F)CC(=O)N(C)CC(=O)[O-].[Na+]. The quantitative estimate of drug-likeness (QED) is 0.354. The number of amides is 1. The largest absolute Gasteiger partial charge is 1.00 e. The fourth-order valence-corrected chi connectivity index (χ4v) is 1.70. The summed E-state index contributed by atoms with van der Waals surface area (Å²) in [5.41, 5.74) is 0. The van der Waals surface area contributed by atoms with E-state index in [1.54, 1.807) is 0 Å². The zero-order valence-electron chi connectivity index (χ0n) is 12.3. The molecule has 0 heterocycles. The number of carbonyl (C=O) groups is 2. The van der Waals surface area contributed by atoms with Gasteiger partial charge < -0.3 is 14.8 Å². The minimum atomic E-state index is -1.33. The second kappa shape index (κ2) is 12.9. The summed E-state index contributed by atoms with van der Waals surface area (Å²) in [6.07, 6.45) is 4.11. The number of rotatable bonds is 10. The summed E-state index contributed by atoms with van der Waals surface area (Å²) in [7, 11) is 1.34. The molecule has 0 saturated heterocycles. The zero-order chi connectivity index (χ0) is 14.0. The summed E-state index contributed by atoms with van der Waals surface area (Å²) in [6.45, 7) is 1.63. The van der Waals surface area contributed by atoms with Gasteiger partial charge >= 0.3 is 29.6 Å². The summed E-state index contributed by atoms with van der Waals surface area (Å²) in [5, 5.41) is 10.3. The Labute approximate surface area is 137 Å². The summed E-state index contributed by atoms with van der Waals surface area (Å²) in [5.74, 6) is -1.82. The van der Waals surface area contributed by atoms with E-state index < -0.39 is 24.6 Å². The van der Waals surface area contributed by atoms with Crippen molar-refractivity contribution in [2.24, 2.45) is 0 Å². The molecule has 4 nitrogen and oxygen atoms in total. The first kappa shape index (κ1) is 21.2. The number of hydrogen-bond acceptors (Lipinski definition) is 3. The molecule has 0 aromatic carbocycles. The summed E-state index contributed by atoms with van der Waals surface area (Å²) < 4.78 is 13.4. The standard InChI is InChI=1S/C13H24FNO3.Na/c1-3-4-5-6-7-8-11(14)9-12(16)15(2)10-13(17)18;/h11H,3-10H2,1-2H3,(H,17,18);/q;+1/p-1. The second-order valence-electron chi connectivity index (χ2n) is 4.63. The van der Waals surface area contributed by atoms with Crippen molar-refractivity contribution >= 4 is 11.9 Å². The molecule has 0 aliphatic rings. The third-order valence-electron chi connectivity index (χ3n) is 2.81.